The van der Waals surface area contributed by atoms with Crippen molar-refractivity contribution < 1.29 is 19.1 Å². The van der Waals surface area contributed by atoms with E-state index < -0.39 is 5.97 Å². The fourth-order valence-corrected chi connectivity index (χ4v) is 3.46. The fraction of sp³-hybridized carbons (Fsp3) is 0.400. The lowest BCUT2D eigenvalue weighted by atomic mass is 10.0. The maximum atomic E-state index is 12.2. The first-order valence-electron chi connectivity index (χ1n) is 8.81. The van der Waals surface area contributed by atoms with Crippen molar-refractivity contribution in [3.8, 4) is 5.75 Å². The Morgan fingerprint density at radius 2 is 1.88 bits per heavy atom. The van der Waals surface area contributed by atoms with E-state index in [1.807, 2.05) is 31.2 Å². The monoisotopic (exact) mass is 375 g/mol. The van der Waals surface area contributed by atoms with Crippen LogP contribution in [0, 0.1) is 0 Å². The van der Waals surface area contributed by atoms with Gasteiger partial charge >= 0.3 is 5.97 Å². The lowest BCUT2D eigenvalue weighted by Gasteiger charge is -2.33. The van der Waals surface area contributed by atoms with E-state index in [-0.39, 0.29) is 25.2 Å². The first kappa shape index (κ1) is 18.5. The second-order valence-electron chi connectivity index (χ2n) is 6.47. The van der Waals surface area contributed by atoms with Crippen LogP contribution >= 0.6 is 11.6 Å². The number of esters is 1. The molecule has 0 aromatic heterocycles. The van der Waals surface area contributed by atoms with Crippen molar-refractivity contribution in [1.29, 1.82) is 0 Å². The Morgan fingerprint density at radius 3 is 2.65 bits per heavy atom. The summed E-state index contributed by atoms with van der Waals surface area (Å²) < 4.78 is 10.7. The summed E-state index contributed by atoms with van der Waals surface area (Å²) in [7, 11) is 0. The number of rotatable bonds is 5. The fourth-order valence-electron chi connectivity index (χ4n) is 3.23. The van der Waals surface area contributed by atoms with Gasteiger partial charge in [0.15, 0.2) is 13.2 Å². The number of benzene rings is 2. The van der Waals surface area contributed by atoms with Crippen molar-refractivity contribution in [3.63, 3.8) is 0 Å². The molecular weight excluding hydrogens is 354 g/mol. The minimum atomic E-state index is -0.568. The molecule has 0 radical (unpaired) electrons. The molecule has 1 heterocycles. The van der Waals surface area contributed by atoms with Crippen LogP contribution in [-0.4, -0.2) is 42.6 Å². The van der Waals surface area contributed by atoms with Crippen LogP contribution in [0.5, 0.6) is 5.75 Å². The third-order valence-electron chi connectivity index (χ3n) is 4.66. The molecular formula is C20H22ClNO4. The average molecular weight is 376 g/mol. The van der Waals surface area contributed by atoms with Gasteiger partial charge in [-0.25, -0.2) is 4.79 Å². The van der Waals surface area contributed by atoms with E-state index in [4.69, 9.17) is 21.1 Å². The number of fused-ring (bicyclic) bond motifs is 1. The number of piperidine rings is 1. The molecule has 6 heteroatoms. The van der Waals surface area contributed by atoms with Gasteiger partial charge in [-0.2, -0.15) is 0 Å². The number of hydrogen-bond donors (Lipinski definition) is 0. The summed E-state index contributed by atoms with van der Waals surface area (Å²) in [5.74, 6) is -0.164. The van der Waals surface area contributed by atoms with E-state index in [1.165, 1.54) is 0 Å². The van der Waals surface area contributed by atoms with Gasteiger partial charge in [-0.1, -0.05) is 35.9 Å². The van der Waals surface area contributed by atoms with Gasteiger partial charge < -0.3 is 14.4 Å². The van der Waals surface area contributed by atoms with Crippen molar-refractivity contribution in [2.45, 2.75) is 32.2 Å². The number of nitrogens with zero attached hydrogens (tertiary/aromatic N) is 1. The van der Waals surface area contributed by atoms with Crippen molar-refractivity contribution in [1.82, 2.24) is 4.90 Å². The highest BCUT2D eigenvalue weighted by Crippen LogP contribution is 2.31. The zero-order chi connectivity index (χ0) is 18.5. The molecule has 3 rings (SSSR count). The van der Waals surface area contributed by atoms with E-state index in [0.717, 1.165) is 36.6 Å². The normalized spacial score (nSPS) is 17.2. The number of amides is 1. The SMILES string of the molecule is C[C@@H]1CCCCN1C(=O)COC(=O)COc1ccc(Cl)c2ccccc12. The summed E-state index contributed by atoms with van der Waals surface area (Å²) in [6.45, 7) is 2.25. The zero-order valence-corrected chi connectivity index (χ0v) is 15.5. The average Bonchev–Trinajstić information content (AvgIpc) is 2.66. The minimum Gasteiger partial charge on any atom is -0.481 e. The highest BCUT2D eigenvalue weighted by Gasteiger charge is 2.24. The third kappa shape index (κ3) is 4.28. The van der Waals surface area contributed by atoms with Gasteiger partial charge in [0, 0.05) is 28.4 Å². The van der Waals surface area contributed by atoms with Crippen LogP contribution in [0.2, 0.25) is 5.02 Å². The highest BCUT2D eigenvalue weighted by atomic mass is 35.5. The lowest BCUT2D eigenvalue weighted by Crippen LogP contribution is -2.44. The Bertz CT molecular complexity index is 807. The third-order valence-corrected chi connectivity index (χ3v) is 4.99. The van der Waals surface area contributed by atoms with Crippen molar-refractivity contribution >= 4 is 34.2 Å². The van der Waals surface area contributed by atoms with Crippen LogP contribution < -0.4 is 4.74 Å². The van der Waals surface area contributed by atoms with Crippen LogP contribution in [-0.2, 0) is 14.3 Å². The molecule has 0 spiro atoms. The molecule has 0 bridgehead atoms. The first-order chi connectivity index (χ1) is 12.6. The molecule has 1 aliphatic heterocycles. The lowest BCUT2D eigenvalue weighted by molar-refractivity contribution is -0.154. The van der Waals surface area contributed by atoms with Crippen LogP contribution in [0.4, 0.5) is 0 Å². The number of likely N-dealkylation sites (tertiary alicyclic amines) is 1. The number of halogens is 1. The summed E-state index contributed by atoms with van der Waals surface area (Å²) >= 11 is 6.17. The Labute approximate surface area is 157 Å². The smallest absolute Gasteiger partial charge is 0.344 e. The number of hydrogen-bond acceptors (Lipinski definition) is 4. The highest BCUT2D eigenvalue weighted by molar-refractivity contribution is 6.35. The quantitative estimate of drug-likeness (QED) is 0.745. The van der Waals surface area contributed by atoms with Crippen molar-refractivity contribution in [2.24, 2.45) is 0 Å². The maximum Gasteiger partial charge on any atom is 0.344 e. The molecule has 138 valence electrons. The maximum absolute atomic E-state index is 12.2. The van der Waals surface area contributed by atoms with Crippen molar-refractivity contribution in [3.05, 3.63) is 41.4 Å². The summed E-state index contributed by atoms with van der Waals surface area (Å²) in [5.41, 5.74) is 0. The molecule has 0 saturated carbocycles. The minimum absolute atomic E-state index is 0.150. The predicted octanol–water partition coefficient (Wildman–Crippen LogP) is 3.82. The summed E-state index contributed by atoms with van der Waals surface area (Å²) in [6.07, 6.45) is 3.12. The van der Waals surface area contributed by atoms with Crippen molar-refractivity contribution in [2.75, 3.05) is 19.8 Å². The zero-order valence-electron chi connectivity index (χ0n) is 14.7. The Balaban J connectivity index is 1.53. The molecule has 1 atom stereocenters. The number of ether oxygens (including phenoxy) is 2. The molecule has 0 N–H and O–H groups in total. The topological polar surface area (TPSA) is 55.8 Å². The molecule has 0 unspecified atom stereocenters. The molecule has 2 aromatic rings. The Hall–Kier alpha value is -2.27. The standard InChI is InChI=1S/C20H22ClNO4/c1-14-6-4-5-11-22(14)19(23)12-26-20(24)13-25-18-10-9-17(21)15-7-2-3-8-16(15)18/h2-3,7-10,14H,4-6,11-13H2,1H3/t14-/m1/s1. The van der Waals surface area contributed by atoms with Gasteiger partial charge in [0.25, 0.3) is 5.91 Å². The second-order valence-corrected chi connectivity index (χ2v) is 6.88. The molecule has 1 saturated heterocycles. The molecule has 5 nitrogen and oxygen atoms in total. The second kappa shape index (κ2) is 8.41. The summed E-state index contributed by atoms with van der Waals surface area (Å²) in [5, 5.41) is 2.30. The Kier molecular flexibility index (Phi) is 5.99. The summed E-state index contributed by atoms with van der Waals surface area (Å²) in [4.78, 5) is 25.9. The van der Waals surface area contributed by atoms with Gasteiger partial charge in [-0.15, -0.1) is 0 Å². The Morgan fingerprint density at radius 1 is 1.12 bits per heavy atom. The number of carbonyl (C=O) groups is 2. The van der Waals surface area contributed by atoms with E-state index in [2.05, 4.69) is 0 Å². The summed E-state index contributed by atoms with van der Waals surface area (Å²) in [6, 6.07) is 11.2. The van der Waals surface area contributed by atoms with Crippen LogP contribution in [0.1, 0.15) is 26.2 Å². The van der Waals surface area contributed by atoms with Gasteiger partial charge in [0.2, 0.25) is 0 Å². The molecule has 1 fully saturated rings. The molecule has 1 amide bonds. The molecule has 0 aliphatic carbocycles. The van der Waals surface area contributed by atoms with Crippen LogP contribution in [0.15, 0.2) is 36.4 Å². The van der Waals surface area contributed by atoms with Crippen LogP contribution in [0.25, 0.3) is 10.8 Å². The first-order valence-corrected chi connectivity index (χ1v) is 9.19. The molecule has 1 aliphatic rings. The van der Waals surface area contributed by atoms with E-state index in [1.54, 1.807) is 17.0 Å². The van der Waals surface area contributed by atoms with Gasteiger partial charge in [0.1, 0.15) is 5.75 Å². The molecule has 2 aromatic carbocycles. The van der Waals surface area contributed by atoms with E-state index >= 15 is 0 Å². The van der Waals surface area contributed by atoms with Crippen LogP contribution in [0.3, 0.4) is 0 Å². The van der Waals surface area contributed by atoms with Gasteiger partial charge in [0.05, 0.1) is 0 Å². The van der Waals surface area contributed by atoms with E-state index in [9.17, 15) is 9.59 Å². The predicted molar refractivity (Wildman–Crippen MR) is 100 cm³/mol. The molecule has 26 heavy (non-hydrogen) atoms. The van der Waals surface area contributed by atoms with Gasteiger partial charge in [-0.3, -0.25) is 4.79 Å². The number of carbonyl (C=O) groups excluding carboxylic acids is 2. The van der Waals surface area contributed by atoms with E-state index in [0.29, 0.717) is 10.8 Å². The largest absolute Gasteiger partial charge is 0.481 e. The van der Waals surface area contributed by atoms with Gasteiger partial charge in [-0.05, 0) is 38.3 Å².